The third-order valence-electron chi connectivity index (χ3n) is 3.35. The molecule has 1 aromatic rings. The van der Waals surface area contributed by atoms with Gasteiger partial charge in [0.25, 0.3) is 0 Å². The lowest BCUT2D eigenvalue weighted by molar-refractivity contribution is -0.138. The van der Waals surface area contributed by atoms with Crippen LogP contribution in [-0.2, 0) is 20.9 Å². The summed E-state index contributed by atoms with van der Waals surface area (Å²) in [6.45, 7) is 6.13. The van der Waals surface area contributed by atoms with Crippen LogP contribution in [0.15, 0.2) is 30.3 Å². The maximum absolute atomic E-state index is 12.1. The zero-order chi connectivity index (χ0) is 18.2. The Balaban J connectivity index is 2.52. The van der Waals surface area contributed by atoms with Crippen LogP contribution in [0.5, 0.6) is 0 Å². The molecule has 1 atom stereocenters. The van der Waals surface area contributed by atoms with Gasteiger partial charge in [-0.15, -0.1) is 0 Å². The maximum Gasteiger partial charge on any atom is 0.410 e. The van der Waals surface area contributed by atoms with Crippen LogP contribution in [0, 0.1) is 0 Å². The van der Waals surface area contributed by atoms with E-state index >= 15 is 0 Å². The van der Waals surface area contributed by atoms with Crippen molar-refractivity contribution in [1.29, 1.82) is 0 Å². The lowest BCUT2D eigenvalue weighted by Crippen LogP contribution is -2.42. The minimum atomic E-state index is -0.960. The summed E-state index contributed by atoms with van der Waals surface area (Å²) in [4.78, 5) is 24.5. The molecule has 0 aliphatic heterocycles. The lowest BCUT2D eigenvalue weighted by Gasteiger charge is -2.30. The van der Waals surface area contributed by atoms with Crippen molar-refractivity contribution in [1.82, 2.24) is 4.90 Å². The molecule has 0 aromatic heterocycles. The number of benzene rings is 1. The number of hydrogen-bond donors (Lipinski definition) is 1. The van der Waals surface area contributed by atoms with Crippen LogP contribution >= 0.6 is 0 Å². The Labute approximate surface area is 143 Å². The van der Waals surface area contributed by atoms with Crippen molar-refractivity contribution in [2.75, 3.05) is 13.7 Å². The van der Waals surface area contributed by atoms with Gasteiger partial charge < -0.3 is 19.5 Å². The van der Waals surface area contributed by atoms with Gasteiger partial charge in [0.2, 0.25) is 0 Å². The molecule has 0 spiro atoms. The van der Waals surface area contributed by atoms with Crippen LogP contribution in [0.2, 0.25) is 0 Å². The normalized spacial score (nSPS) is 12.5. The topological polar surface area (TPSA) is 76.1 Å². The van der Waals surface area contributed by atoms with E-state index in [-0.39, 0.29) is 6.42 Å². The fourth-order valence-electron chi connectivity index (χ4n) is 2.10. The van der Waals surface area contributed by atoms with E-state index < -0.39 is 23.7 Å². The van der Waals surface area contributed by atoms with Gasteiger partial charge in [-0.3, -0.25) is 4.79 Å². The summed E-state index contributed by atoms with van der Waals surface area (Å²) in [5.74, 6) is -0.960. The minimum Gasteiger partial charge on any atom is -0.481 e. The average molecular weight is 337 g/mol. The number of amides is 1. The summed E-state index contributed by atoms with van der Waals surface area (Å²) in [5.41, 5.74) is 0.427. The number of carboxylic acids is 1. The van der Waals surface area contributed by atoms with Crippen molar-refractivity contribution in [3.8, 4) is 0 Å². The Morgan fingerprint density at radius 1 is 1.21 bits per heavy atom. The molecule has 6 nitrogen and oxygen atoms in total. The summed E-state index contributed by atoms with van der Waals surface area (Å²) < 4.78 is 10.9. The van der Waals surface area contributed by atoms with Gasteiger partial charge >= 0.3 is 12.1 Å². The highest BCUT2D eigenvalue weighted by Crippen LogP contribution is 2.14. The Morgan fingerprint density at radius 2 is 1.83 bits per heavy atom. The molecule has 0 saturated heterocycles. The Kier molecular flexibility index (Phi) is 7.71. The van der Waals surface area contributed by atoms with Gasteiger partial charge in [0.05, 0.1) is 13.0 Å². The van der Waals surface area contributed by atoms with Crippen LogP contribution in [0.1, 0.15) is 39.2 Å². The fourth-order valence-corrected chi connectivity index (χ4v) is 2.10. The molecule has 1 N–H and O–H groups in total. The fraction of sp³-hybridized carbons (Fsp3) is 0.556. The molecule has 134 valence electrons. The first-order chi connectivity index (χ1) is 11.2. The zero-order valence-electron chi connectivity index (χ0n) is 14.8. The molecule has 0 aliphatic carbocycles. The molecule has 0 saturated carbocycles. The van der Waals surface area contributed by atoms with Crippen LogP contribution in [-0.4, -0.2) is 47.4 Å². The van der Waals surface area contributed by atoms with Gasteiger partial charge in [-0.2, -0.15) is 0 Å². The van der Waals surface area contributed by atoms with Gasteiger partial charge in [-0.05, 0) is 32.8 Å². The number of carboxylic acid groups (broad SMARTS) is 1. The van der Waals surface area contributed by atoms with E-state index in [2.05, 4.69) is 0 Å². The van der Waals surface area contributed by atoms with Crippen molar-refractivity contribution in [3.63, 3.8) is 0 Å². The largest absolute Gasteiger partial charge is 0.481 e. The summed E-state index contributed by atoms with van der Waals surface area (Å²) in [5, 5.41) is 9.06. The molecular weight excluding hydrogens is 310 g/mol. The predicted octanol–water partition coefficient (Wildman–Crippen LogP) is 3.30. The summed E-state index contributed by atoms with van der Waals surface area (Å²) >= 11 is 0. The molecule has 1 unspecified atom stereocenters. The molecule has 1 aromatic carbocycles. The van der Waals surface area contributed by atoms with E-state index in [0.29, 0.717) is 19.6 Å². The third kappa shape index (κ3) is 7.97. The van der Waals surface area contributed by atoms with Gasteiger partial charge in [0.15, 0.2) is 0 Å². The van der Waals surface area contributed by atoms with E-state index in [9.17, 15) is 9.59 Å². The highest BCUT2D eigenvalue weighted by Gasteiger charge is 2.26. The highest BCUT2D eigenvalue weighted by atomic mass is 16.6. The average Bonchev–Trinajstić information content (AvgIpc) is 2.48. The molecular formula is C18H27NO5. The second-order valence-electron chi connectivity index (χ2n) is 6.67. The van der Waals surface area contributed by atoms with Crippen LogP contribution in [0.4, 0.5) is 4.79 Å². The first-order valence-corrected chi connectivity index (χ1v) is 7.98. The van der Waals surface area contributed by atoms with Crippen LogP contribution in [0.3, 0.4) is 0 Å². The SMILES string of the molecule is CN(C(=O)OC(C)(C)C)C(CCOCc1ccccc1)CC(=O)O. The Hall–Kier alpha value is -2.08. The molecule has 1 amide bonds. The van der Waals surface area contributed by atoms with E-state index in [0.717, 1.165) is 5.56 Å². The second kappa shape index (κ2) is 9.27. The zero-order valence-corrected chi connectivity index (χ0v) is 14.8. The molecule has 0 aliphatic rings. The number of ether oxygens (including phenoxy) is 2. The van der Waals surface area contributed by atoms with E-state index in [1.165, 1.54) is 4.90 Å². The number of rotatable bonds is 8. The van der Waals surface area contributed by atoms with Crippen molar-refractivity contribution in [2.45, 2.75) is 51.9 Å². The number of nitrogens with zero attached hydrogens (tertiary/aromatic N) is 1. The molecule has 0 radical (unpaired) electrons. The molecule has 0 bridgehead atoms. The van der Waals surface area contributed by atoms with Crippen molar-refractivity contribution in [3.05, 3.63) is 35.9 Å². The van der Waals surface area contributed by atoms with Gasteiger partial charge in [0.1, 0.15) is 5.60 Å². The van der Waals surface area contributed by atoms with Gasteiger partial charge in [-0.1, -0.05) is 30.3 Å². The van der Waals surface area contributed by atoms with Gasteiger partial charge in [0, 0.05) is 19.7 Å². The van der Waals surface area contributed by atoms with Gasteiger partial charge in [-0.25, -0.2) is 4.79 Å². The smallest absolute Gasteiger partial charge is 0.410 e. The Morgan fingerprint density at radius 3 is 2.38 bits per heavy atom. The Bertz CT molecular complexity index is 524. The quantitative estimate of drug-likeness (QED) is 0.737. The van der Waals surface area contributed by atoms with Crippen molar-refractivity contribution in [2.24, 2.45) is 0 Å². The molecule has 24 heavy (non-hydrogen) atoms. The molecule has 0 heterocycles. The minimum absolute atomic E-state index is 0.148. The predicted molar refractivity (Wildman–Crippen MR) is 90.8 cm³/mol. The summed E-state index contributed by atoms with van der Waals surface area (Å²) in [7, 11) is 1.55. The second-order valence-corrected chi connectivity index (χ2v) is 6.67. The van der Waals surface area contributed by atoms with Crippen LogP contribution < -0.4 is 0 Å². The summed E-state index contributed by atoms with van der Waals surface area (Å²) in [6, 6.07) is 9.24. The number of hydrogen-bond acceptors (Lipinski definition) is 4. The molecule has 0 fully saturated rings. The first kappa shape index (κ1) is 20.0. The van der Waals surface area contributed by atoms with E-state index in [1.807, 2.05) is 30.3 Å². The highest BCUT2D eigenvalue weighted by molar-refractivity contribution is 5.71. The van der Waals surface area contributed by atoms with E-state index in [4.69, 9.17) is 14.6 Å². The monoisotopic (exact) mass is 337 g/mol. The molecule has 1 rings (SSSR count). The van der Waals surface area contributed by atoms with E-state index in [1.54, 1.807) is 27.8 Å². The lowest BCUT2D eigenvalue weighted by atomic mass is 10.1. The standard InChI is InChI=1S/C18H27NO5/c1-18(2,3)24-17(22)19(4)15(12-16(20)21)10-11-23-13-14-8-6-5-7-9-14/h5-9,15H,10-13H2,1-4H3,(H,20,21). The van der Waals surface area contributed by atoms with Crippen molar-refractivity contribution >= 4 is 12.1 Å². The number of carbonyl (C=O) groups is 2. The number of aliphatic carboxylic acids is 1. The van der Waals surface area contributed by atoms with Crippen LogP contribution in [0.25, 0.3) is 0 Å². The first-order valence-electron chi connectivity index (χ1n) is 7.98. The number of carbonyl (C=O) groups excluding carboxylic acids is 1. The molecule has 6 heteroatoms. The maximum atomic E-state index is 12.1. The van der Waals surface area contributed by atoms with Crippen molar-refractivity contribution < 1.29 is 24.2 Å². The summed E-state index contributed by atoms with van der Waals surface area (Å²) in [6.07, 6.45) is -0.254. The third-order valence-corrected chi connectivity index (χ3v) is 3.35.